The minimum absolute atomic E-state index is 0. The number of aromatic nitrogens is 4. The number of fused-ring (bicyclic) bond motifs is 1. The number of hydrogen-bond donors (Lipinski definition) is 2. The minimum atomic E-state index is -0.0283. The molecule has 2 aromatic heterocycles. The van der Waals surface area contributed by atoms with Gasteiger partial charge in [0.15, 0.2) is 0 Å². The second-order valence-corrected chi connectivity index (χ2v) is 9.89. The van der Waals surface area contributed by atoms with E-state index in [1.807, 2.05) is 18.2 Å². The third kappa shape index (κ3) is 7.39. The molecule has 2 aliphatic rings. The zero-order valence-electron chi connectivity index (χ0n) is 21.2. The summed E-state index contributed by atoms with van der Waals surface area (Å²) in [5.41, 5.74) is 3.52. The van der Waals surface area contributed by atoms with Crippen LogP contribution in [-0.2, 0) is 25.2 Å². The van der Waals surface area contributed by atoms with E-state index in [0.29, 0.717) is 12.6 Å². The summed E-state index contributed by atoms with van der Waals surface area (Å²) in [7, 11) is 0. The summed E-state index contributed by atoms with van der Waals surface area (Å²) in [5, 5.41) is 14.1. The van der Waals surface area contributed by atoms with Gasteiger partial charge < -0.3 is 25.6 Å². The maximum Gasteiger partial charge on any atom is 0.227 e. The van der Waals surface area contributed by atoms with Crippen molar-refractivity contribution in [2.75, 3.05) is 11.9 Å². The predicted octanol–water partition coefficient (Wildman–Crippen LogP) is 5.71. The van der Waals surface area contributed by atoms with E-state index in [2.05, 4.69) is 36.9 Å². The molecule has 1 aliphatic heterocycles. The number of rotatable bonds is 5. The van der Waals surface area contributed by atoms with Crippen molar-refractivity contribution in [3.8, 4) is 17.0 Å². The third-order valence-electron chi connectivity index (χ3n) is 7.24. The van der Waals surface area contributed by atoms with Gasteiger partial charge in [0.2, 0.25) is 11.9 Å². The molecule has 9 heteroatoms. The molecule has 1 saturated carbocycles. The van der Waals surface area contributed by atoms with Crippen molar-refractivity contribution in [3.63, 3.8) is 0 Å². The Morgan fingerprint density at radius 2 is 1.76 bits per heavy atom. The summed E-state index contributed by atoms with van der Waals surface area (Å²) in [5.74, 6) is 1.63. The maximum atomic E-state index is 13.3. The van der Waals surface area contributed by atoms with Crippen molar-refractivity contribution in [2.45, 2.75) is 76.7 Å². The monoisotopic (exact) mass is 674 g/mol. The number of carbonyl (C=O) groups is 1. The standard InChI is InChI=1S/C28H36N6O2.Re/c35-27(20-9-6-4-2-1-3-5-7-10-20)33-25-11-8-16-36-26-17-21(12-13-23(25)26)24-14-15-29-28(34-24)32-22-18-30-31-19-22;/h12-15,17-20,25H,1-11,16H2,(H3,29,30,31,32,33,34,35);/p-1/t25-;/m1./s1. The minimum Gasteiger partial charge on any atom is -0.580 e. The molecule has 197 valence electrons. The molecule has 2 N–H and O–H groups in total. The first-order valence-corrected chi connectivity index (χ1v) is 13.4. The summed E-state index contributed by atoms with van der Waals surface area (Å²) >= 11 is 0. The predicted molar refractivity (Wildman–Crippen MR) is 139 cm³/mol. The van der Waals surface area contributed by atoms with Crippen LogP contribution in [0, 0.1) is 5.92 Å². The van der Waals surface area contributed by atoms with E-state index in [1.165, 1.54) is 32.1 Å². The number of anilines is 2. The molecule has 3 aromatic rings. The Hall–Kier alpha value is -2.76. The second kappa shape index (κ2) is 13.7. The first kappa shape index (κ1) is 27.3. The van der Waals surface area contributed by atoms with Crippen LogP contribution in [0.5, 0.6) is 5.75 Å². The molecular formula is C28H35N6O2Re-. The van der Waals surface area contributed by atoms with E-state index < -0.39 is 0 Å². The molecule has 0 bridgehead atoms. The van der Waals surface area contributed by atoms with E-state index in [1.54, 1.807) is 18.6 Å². The summed E-state index contributed by atoms with van der Waals surface area (Å²) in [6.07, 6.45) is 17.5. The zero-order chi connectivity index (χ0) is 24.6. The quantitative estimate of drug-likeness (QED) is 0.358. The summed E-state index contributed by atoms with van der Waals surface area (Å²) < 4.78 is 6.12. The van der Waals surface area contributed by atoms with Crippen LogP contribution in [0.15, 0.2) is 42.9 Å². The topological polar surface area (TPSA) is 103 Å². The molecule has 0 saturated heterocycles. The number of nitrogens with zero attached hydrogens (tertiary/aromatic N) is 4. The van der Waals surface area contributed by atoms with Gasteiger partial charge >= 0.3 is 0 Å². The summed E-state index contributed by atoms with van der Waals surface area (Å²) in [6, 6.07) is 8.01. The Labute approximate surface area is 232 Å². The van der Waals surface area contributed by atoms with Crippen LogP contribution in [0.4, 0.5) is 11.6 Å². The number of hydrogen-bond acceptors (Lipinski definition) is 6. The number of ether oxygens (including phenoxy) is 1. The van der Waals surface area contributed by atoms with Gasteiger partial charge in [-0.1, -0.05) is 57.1 Å². The van der Waals surface area contributed by atoms with Gasteiger partial charge in [0.1, 0.15) is 5.75 Å². The van der Waals surface area contributed by atoms with Crippen molar-refractivity contribution in [2.24, 2.45) is 5.92 Å². The molecule has 1 amide bonds. The Bertz CT molecular complexity index is 1130. The van der Waals surface area contributed by atoms with Crippen LogP contribution in [-0.4, -0.2) is 27.6 Å². The van der Waals surface area contributed by atoms with Gasteiger partial charge in [-0.05, 0) is 37.8 Å². The normalized spacial score (nSPS) is 18.9. The summed E-state index contributed by atoms with van der Waals surface area (Å²) in [4.78, 5) is 22.3. The Balaban J connectivity index is 0.00000320. The number of carbonyl (C=O) groups excluding carboxylic acids is 1. The van der Waals surface area contributed by atoms with Crippen molar-refractivity contribution in [1.82, 2.24) is 25.5 Å². The van der Waals surface area contributed by atoms with Crippen LogP contribution in [0.2, 0.25) is 0 Å². The molecule has 1 fully saturated rings. The van der Waals surface area contributed by atoms with Gasteiger partial charge in [0, 0.05) is 55.5 Å². The van der Waals surface area contributed by atoms with Gasteiger partial charge in [-0.25, -0.2) is 9.97 Å². The van der Waals surface area contributed by atoms with Crippen LogP contribution < -0.4 is 20.5 Å². The van der Waals surface area contributed by atoms with Gasteiger partial charge in [-0.3, -0.25) is 4.79 Å². The first-order valence-electron chi connectivity index (χ1n) is 13.4. The van der Waals surface area contributed by atoms with Crippen molar-refractivity contribution < 1.29 is 30.0 Å². The van der Waals surface area contributed by atoms with E-state index >= 15 is 0 Å². The van der Waals surface area contributed by atoms with E-state index in [4.69, 9.17) is 4.74 Å². The molecule has 3 heterocycles. The van der Waals surface area contributed by atoms with Crippen LogP contribution in [0.25, 0.3) is 11.3 Å². The van der Waals surface area contributed by atoms with E-state index in [-0.39, 0.29) is 38.3 Å². The molecule has 8 nitrogen and oxygen atoms in total. The van der Waals surface area contributed by atoms with Crippen LogP contribution in [0.1, 0.15) is 82.2 Å². The average molecular weight is 674 g/mol. The van der Waals surface area contributed by atoms with Gasteiger partial charge in [-0.2, -0.15) is 0 Å². The summed E-state index contributed by atoms with van der Waals surface area (Å²) in [6.45, 7) is 0.639. The molecule has 37 heavy (non-hydrogen) atoms. The number of benzene rings is 1. The SMILES string of the molecule is O=C(N[C@@H]1CCCOc2cc(-c3ccnc(Nc4cn[n-]c4)n3)ccc21)C1CCCCCCCCC1.[Re]. The fourth-order valence-corrected chi connectivity index (χ4v) is 5.24. The fraction of sp³-hybridized carbons (Fsp3) is 0.500. The smallest absolute Gasteiger partial charge is 0.227 e. The van der Waals surface area contributed by atoms with Gasteiger partial charge in [0.05, 0.1) is 18.3 Å². The van der Waals surface area contributed by atoms with Crippen molar-refractivity contribution in [3.05, 3.63) is 48.4 Å². The maximum absolute atomic E-state index is 13.3. The largest absolute Gasteiger partial charge is 0.580 e. The third-order valence-corrected chi connectivity index (χ3v) is 7.24. The molecule has 1 aromatic carbocycles. The second-order valence-electron chi connectivity index (χ2n) is 9.89. The molecule has 1 aliphatic carbocycles. The van der Waals surface area contributed by atoms with Gasteiger partial charge in [0.25, 0.3) is 0 Å². The molecule has 1 atom stereocenters. The van der Waals surface area contributed by atoms with Crippen molar-refractivity contribution in [1.29, 1.82) is 0 Å². The molecule has 5 rings (SSSR count). The molecule has 0 spiro atoms. The number of amides is 1. The Morgan fingerprint density at radius 3 is 2.51 bits per heavy atom. The first-order chi connectivity index (χ1) is 17.8. The van der Waals surface area contributed by atoms with Gasteiger partial charge in [-0.15, -0.1) is 6.20 Å². The Kier molecular flexibility index (Phi) is 10.1. The van der Waals surface area contributed by atoms with E-state index in [9.17, 15) is 4.79 Å². The fourth-order valence-electron chi connectivity index (χ4n) is 5.24. The van der Waals surface area contributed by atoms with Crippen LogP contribution in [0.3, 0.4) is 0 Å². The molecular weight excluding hydrogens is 639 g/mol. The molecule has 1 radical (unpaired) electrons. The Morgan fingerprint density at radius 1 is 0.973 bits per heavy atom. The van der Waals surface area contributed by atoms with Crippen molar-refractivity contribution >= 4 is 17.5 Å². The number of nitrogens with one attached hydrogen (secondary N) is 2. The van der Waals surface area contributed by atoms with E-state index in [0.717, 1.165) is 66.8 Å². The molecule has 0 unspecified atom stereocenters. The zero-order valence-corrected chi connectivity index (χ0v) is 23.9. The average Bonchev–Trinajstić information content (AvgIpc) is 3.33. The van der Waals surface area contributed by atoms with Crippen LogP contribution >= 0.6 is 0 Å².